The van der Waals surface area contributed by atoms with Gasteiger partial charge in [-0.25, -0.2) is 0 Å². The fraction of sp³-hybridized carbons (Fsp3) is 0.778. The van der Waals surface area contributed by atoms with Gasteiger partial charge < -0.3 is 0 Å². The summed E-state index contributed by atoms with van der Waals surface area (Å²) in [5, 5.41) is 0. The Bertz CT molecular complexity index is 76.8. The summed E-state index contributed by atoms with van der Waals surface area (Å²) in [6, 6.07) is 0. The van der Waals surface area contributed by atoms with Crippen molar-refractivity contribution in [3.63, 3.8) is 0 Å². The summed E-state index contributed by atoms with van der Waals surface area (Å²) >= 11 is 0. The van der Waals surface area contributed by atoms with E-state index in [0.717, 1.165) is 19.3 Å². The summed E-state index contributed by atoms with van der Waals surface area (Å²) in [7, 11) is 0. The molecule has 0 radical (unpaired) electrons. The van der Waals surface area contributed by atoms with Crippen molar-refractivity contribution in [2.45, 2.75) is 39.0 Å². The van der Waals surface area contributed by atoms with Gasteiger partial charge in [0.2, 0.25) is 0 Å². The van der Waals surface area contributed by atoms with Gasteiger partial charge in [-0.15, -0.1) is 0 Å². The number of halogens is 1. The molecule has 10 heavy (non-hydrogen) atoms. The Morgan fingerprint density at radius 3 is 2.40 bits per heavy atom. The Kier molecular flexibility index (Phi) is 8.38. The maximum absolute atomic E-state index is 11.6. The summed E-state index contributed by atoms with van der Waals surface area (Å²) in [4.78, 5) is 0. The third-order valence-corrected chi connectivity index (χ3v) is 1.49. The van der Waals surface area contributed by atoms with E-state index in [1.54, 1.807) is 0 Å². The molecule has 0 atom stereocenters. The first-order valence-corrected chi connectivity index (χ1v) is 4.09. The molecule has 0 N–H and O–H groups in total. The Morgan fingerprint density at radius 1 is 1.10 bits per heavy atom. The Hall–Kier alpha value is -0.330. The largest absolute Gasteiger partial charge is 0.251 e. The zero-order valence-electron chi connectivity index (χ0n) is 6.78. The van der Waals surface area contributed by atoms with Crippen molar-refractivity contribution < 1.29 is 4.39 Å². The molecule has 0 aromatic carbocycles. The molecule has 1 heteroatoms. The summed E-state index contributed by atoms with van der Waals surface area (Å²) in [6.45, 7) is 1.88. The summed E-state index contributed by atoms with van der Waals surface area (Å²) in [5.74, 6) is 0. The fourth-order valence-electron chi connectivity index (χ4n) is 0.877. The van der Waals surface area contributed by atoms with E-state index >= 15 is 0 Å². The Balaban J connectivity index is 2.77. The quantitative estimate of drug-likeness (QED) is 0.395. The third kappa shape index (κ3) is 7.67. The van der Waals surface area contributed by atoms with Crippen LogP contribution < -0.4 is 0 Å². The molecule has 0 unspecified atom stereocenters. The first kappa shape index (κ1) is 9.67. The van der Waals surface area contributed by atoms with Gasteiger partial charge in [0.15, 0.2) is 0 Å². The van der Waals surface area contributed by atoms with Crippen molar-refractivity contribution in [1.82, 2.24) is 0 Å². The molecule has 0 aliphatic rings. The van der Waals surface area contributed by atoms with Gasteiger partial charge in [-0.1, -0.05) is 25.0 Å². The SMILES string of the molecule is CC=CCCCCCCF. The molecule has 60 valence electrons. The molecule has 0 bridgehead atoms. The molecule has 0 aromatic rings. The van der Waals surface area contributed by atoms with Crippen LogP contribution in [0.4, 0.5) is 4.39 Å². The minimum Gasteiger partial charge on any atom is -0.251 e. The lowest BCUT2D eigenvalue weighted by Gasteiger charge is -1.93. The highest BCUT2D eigenvalue weighted by Crippen LogP contribution is 2.03. The van der Waals surface area contributed by atoms with Crippen LogP contribution in [-0.2, 0) is 0 Å². The van der Waals surface area contributed by atoms with Crippen LogP contribution in [0, 0.1) is 0 Å². The molecule has 0 saturated carbocycles. The van der Waals surface area contributed by atoms with Crippen molar-refractivity contribution in [3.8, 4) is 0 Å². The average Bonchev–Trinajstić information content (AvgIpc) is 1.97. The van der Waals surface area contributed by atoms with Crippen LogP contribution in [0.15, 0.2) is 12.2 Å². The van der Waals surface area contributed by atoms with E-state index in [1.807, 2.05) is 6.92 Å². The molecule has 0 heterocycles. The predicted octanol–water partition coefficient (Wildman–Crippen LogP) is 3.48. The fourth-order valence-corrected chi connectivity index (χ4v) is 0.877. The van der Waals surface area contributed by atoms with Gasteiger partial charge >= 0.3 is 0 Å². The number of hydrogen-bond acceptors (Lipinski definition) is 0. The topological polar surface area (TPSA) is 0 Å². The maximum atomic E-state index is 11.6. The van der Waals surface area contributed by atoms with Crippen LogP contribution in [0.25, 0.3) is 0 Å². The number of allylic oxidation sites excluding steroid dienone is 2. The second-order valence-electron chi connectivity index (χ2n) is 2.46. The van der Waals surface area contributed by atoms with Gasteiger partial charge in [-0.3, -0.25) is 4.39 Å². The predicted molar refractivity (Wildman–Crippen MR) is 43.9 cm³/mol. The minimum atomic E-state index is -0.149. The van der Waals surface area contributed by atoms with Crippen LogP contribution in [0.2, 0.25) is 0 Å². The highest BCUT2D eigenvalue weighted by atomic mass is 19.1. The Morgan fingerprint density at radius 2 is 1.80 bits per heavy atom. The summed E-state index contributed by atoms with van der Waals surface area (Å²) in [5.41, 5.74) is 0. The minimum absolute atomic E-state index is 0.149. The van der Waals surface area contributed by atoms with E-state index in [0.29, 0.717) is 0 Å². The zero-order valence-corrected chi connectivity index (χ0v) is 6.78. The molecule has 0 amide bonds. The maximum Gasteiger partial charge on any atom is 0.0894 e. The number of hydrogen-bond donors (Lipinski definition) is 0. The normalized spacial score (nSPS) is 11.0. The second kappa shape index (κ2) is 8.67. The van der Waals surface area contributed by atoms with Crippen molar-refractivity contribution in [2.24, 2.45) is 0 Å². The van der Waals surface area contributed by atoms with Crippen molar-refractivity contribution >= 4 is 0 Å². The first-order chi connectivity index (χ1) is 4.91. The lowest BCUT2D eigenvalue weighted by molar-refractivity contribution is 0.453. The molecule has 0 rings (SSSR count). The van der Waals surface area contributed by atoms with Crippen LogP contribution in [0.3, 0.4) is 0 Å². The van der Waals surface area contributed by atoms with Gasteiger partial charge in [-0.2, -0.15) is 0 Å². The van der Waals surface area contributed by atoms with Crippen molar-refractivity contribution in [1.29, 1.82) is 0 Å². The van der Waals surface area contributed by atoms with Crippen LogP contribution >= 0.6 is 0 Å². The molecular weight excluding hydrogens is 127 g/mol. The molecule has 0 fully saturated rings. The van der Waals surface area contributed by atoms with E-state index in [1.165, 1.54) is 12.8 Å². The zero-order chi connectivity index (χ0) is 7.66. The van der Waals surface area contributed by atoms with Gasteiger partial charge in [-0.05, 0) is 26.2 Å². The molecule has 0 aliphatic carbocycles. The van der Waals surface area contributed by atoms with Gasteiger partial charge in [0, 0.05) is 0 Å². The highest BCUT2D eigenvalue weighted by molar-refractivity contribution is 4.76. The van der Waals surface area contributed by atoms with E-state index in [2.05, 4.69) is 12.2 Å². The van der Waals surface area contributed by atoms with Gasteiger partial charge in [0.05, 0.1) is 6.67 Å². The van der Waals surface area contributed by atoms with Crippen LogP contribution in [-0.4, -0.2) is 6.67 Å². The lowest BCUT2D eigenvalue weighted by atomic mass is 10.1. The average molecular weight is 144 g/mol. The summed E-state index contributed by atoms with van der Waals surface area (Å²) in [6.07, 6.45) is 9.57. The highest BCUT2D eigenvalue weighted by Gasteiger charge is 1.86. The Labute approximate surface area is 63.1 Å². The van der Waals surface area contributed by atoms with Crippen molar-refractivity contribution in [2.75, 3.05) is 6.67 Å². The van der Waals surface area contributed by atoms with Crippen molar-refractivity contribution in [3.05, 3.63) is 12.2 Å². The van der Waals surface area contributed by atoms with Crippen LogP contribution in [0.1, 0.15) is 39.0 Å². The van der Waals surface area contributed by atoms with E-state index in [4.69, 9.17) is 0 Å². The number of unbranched alkanes of at least 4 members (excludes halogenated alkanes) is 4. The molecular formula is C9H17F. The molecule has 0 nitrogen and oxygen atoms in total. The van der Waals surface area contributed by atoms with E-state index in [9.17, 15) is 4.39 Å². The molecule has 0 spiro atoms. The van der Waals surface area contributed by atoms with Gasteiger partial charge in [0.25, 0.3) is 0 Å². The summed E-state index contributed by atoms with van der Waals surface area (Å²) < 4.78 is 11.6. The number of rotatable bonds is 6. The third-order valence-electron chi connectivity index (χ3n) is 1.49. The van der Waals surface area contributed by atoms with E-state index < -0.39 is 0 Å². The monoisotopic (exact) mass is 144 g/mol. The molecule has 0 saturated heterocycles. The lowest BCUT2D eigenvalue weighted by Crippen LogP contribution is -1.78. The number of alkyl halides is 1. The van der Waals surface area contributed by atoms with Gasteiger partial charge in [0.1, 0.15) is 0 Å². The standard InChI is InChI=1S/C9H17F/c1-2-3-4-5-6-7-8-9-10/h2-3H,4-9H2,1H3. The smallest absolute Gasteiger partial charge is 0.0894 e. The molecule has 0 aromatic heterocycles. The second-order valence-corrected chi connectivity index (χ2v) is 2.46. The van der Waals surface area contributed by atoms with Crippen LogP contribution in [0.5, 0.6) is 0 Å². The molecule has 0 aliphatic heterocycles. The first-order valence-electron chi connectivity index (χ1n) is 4.09. The van der Waals surface area contributed by atoms with E-state index in [-0.39, 0.29) is 6.67 Å².